The third-order valence-electron chi connectivity index (χ3n) is 3.49. The van der Waals surface area contributed by atoms with Crippen molar-refractivity contribution in [1.82, 2.24) is 20.5 Å². The number of fused-ring (bicyclic) bond motifs is 1. The Labute approximate surface area is 115 Å². The Morgan fingerprint density at radius 2 is 2.20 bits per heavy atom. The van der Waals surface area contributed by atoms with Crippen molar-refractivity contribution in [2.45, 2.75) is 25.3 Å². The molecule has 0 unspecified atom stereocenters. The first-order valence-electron chi connectivity index (χ1n) is 6.51. The first-order valence-corrected chi connectivity index (χ1v) is 6.51. The minimum absolute atomic E-state index is 0.0749. The van der Waals surface area contributed by atoms with Gasteiger partial charge in [-0.3, -0.25) is 9.59 Å². The average molecular weight is 270 g/mol. The molecule has 2 aromatic heterocycles. The normalized spacial score (nSPS) is 17.3. The summed E-state index contributed by atoms with van der Waals surface area (Å²) in [7, 11) is 0. The molecule has 3 rings (SSSR count). The van der Waals surface area contributed by atoms with Gasteiger partial charge in [-0.1, -0.05) is 6.07 Å². The van der Waals surface area contributed by atoms with Gasteiger partial charge in [0.15, 0.2) is 0 Å². The number of rotatable bonds is 2. The Morgan fingerprint density at radius 1 is 1.30 bits per heavy atom. The van der Waals surface area contributed by atoms with E-state index in [2.05, 4.69) is 20.5 Å². The number of nitrogens with one attached hydrogen (secondary N) is 2. The van der Waals surface area contributed by atoms with E-state index in [1.165, 1.54) is 18.5 Å². The van der Waals surface area contributed by atoms with Crippen LogP contribution in [0.2, 0.25) is 0 Å². The van der Waals surface area contributed by atoms with Crippen LogP contribution in [-0.4, -0.2) is 27.1 Å². The summed E-state index contributed by atoms with van der Waals surface area (Å²) in [6.07, 6.45) is 5.26. The van der Waals surface area contributed by atoms with Crippen LogP contribution in [0.15, 0.2) is 35.4 Å². The van der Waals surface area contributed by atoms with E-state index >= 15 is 0 Å². The number of aromatic amines is 1. The summed E-state index contributed by atoms with van der Waals surface area (Å²) >= 11 is 0. The fourth-order valence-corrected chi connectivity index (χ4v) is 2.46. The van der Waals surface area contributed by atoms with Crippen molar-refractivity contribution in [2.75, 3.05) is 0 Å². The van der Waals surface area contributed by atoms with Crippen LogP contribution in [0.5, 0.6) is 0 Å². The van der Waals surface area contributed by atoms with Crippen LogP contribution in [0.1, 0.15) is 28.0 Å². The molecule has 0 saturated carbocycles. The molecule has 102 valence electrons. The van der Waals surface area contributed by atoms with Gasteiger partial charge in [0, 0.05) is 17.8 Å². The predicted octanol–water partition coefficient (Wildman–Crippen LogP) is 0.452. The largest absolute Gasteiger partial charge is 0.349 e. The van der Waals surface area contributed by atoms with Crippen LogP contribution < -0.4 is 10.9 Å². The number of pyridine rings is 1. The van der Waals surface area contributed by atoms with Crippen LogP contribution in [-0.2, 0) is 12.8 Å². The number of carbonyl (C=O) groups is 1. The van der Waals surface area contributed by atoms with Crippen molar-refractivity contribution in [3.63, 3.8) is 0 Å². The van der Waals surface area contributed by atoms with E-state index in [1.807, 2.05) is 6.07 Å². The molecular weight excluding hydrogens is 256 g/mol. The van der Waals surface area contributed by atoms with Crippen molar-refractivity contribution in [1.29, 1.82) is 0 Å². The first-order chi connectivity index (χ1) is 9.72. The molecule has 2 heterocycles. The summed E-state index contributed by atoms with van der Waals surface area (Å²) in [5.41, 5.74) is 2.50. The number of amides is 1. The molecule has 6 nitrogen and oxygen atoms in total. The van der Waals surface area contributed by atoms with Crippen molar-refractivity contribution in [2.24, 2.45) is 0 Å². The second-order valence-electron chi connectivity index (χ2n) is 4.87. The molecule has 1 aliphatic rings. The van der Waals surface area contributed by atoms with E-state index in [9.17, 15) is 9.59 Å². The highest BCUT2D eigenvalue weighted by molar-refractivity contribution is 5.93. The van der Waals surface area contributed by atoms with Crippen LogP contribution >= 0.6 is 0 Å². The van der Waals surface area contributed by atoms with Crippen LogP contribution in [0.25, 0.3) is 0 Å². The molecule has 0 spiro atoms. The maximum atomic E-state index is 12.0. The Balaban J connectivity index is 1.70. The Hall–Kier alpha value is -2.50. The number of aromatic nitrogens is 3. The quantitative estimate of drug-likeness (QED) is 0.829. The van der Waals surface area contributed by atoms with Gasteiger partial charge in [0.2, 0.25) is 5.56 Å². The highest BCUT2D eigenvalue weighted by Gasteiger charge is 2.21. The molecule has 0 radical (unpaired) electrons. The van der Waals surface area contributed by atoms with Gasteiger partial charge in [-0.05, 0) is 30.9 Å². The number of carbonyl (C=O) groups excluding carboxylic acids is 1. The lowest BCUT2D eigenvalue weighted by Crippen LogP contribution is -2.39. The number of hydrogen-bond donors (Lipinski definition) is 2. The molecule has 20 heavy (non-hydrogen) atoms. The van der Waals surface area contributed by atoms with E-state index in [4.69, 9.17) is 0 Å². The smallest absolute Gasteiger partial charge is 0.253 e. The van der Waals surface area contributed by atoms with Gasteiger partial charge in [0.05, 0.1) is 18.0 Å². The van der Waals surface area contributed by atoms with Crippen molar-refractivity contribution in [3.05, 3.63) is 57.8 Å². The van der Waals surface area contributed by atoms with Gasteiger partial charge >= 0.3 is 0 Å². The highest BCUT2D eigenvalue weighted by Crippen LogP contribution is 2.18. The molecule has 6 heteroatoms. The summed E-state index contributed by atoms with van der Waals surface area (Å²) < 4.78 is 0. The molecule has 0 aromatic carbocycles. The monoisotopic (exact) mass is 270 g/mol. The standard InChI is InChI=1S/C14H14N4O2/c19-13-4-1-9-7-11(2-3-12(9)18-13)17-14(20)10-5-6-15-16-8-10/h1,4-6,8,11H,2-3,7H2,(H,17,20)(H,18,19)/t11-/m0/s1. The number of aryl methyl sites for hydroxylation is 1. The summed E-state index contributed by atoms with van der Waals surface area (Å²) in [6, 6.07) is 5.07. The molecule has 0 fully saturated rings. The molecule has 2 N–H and O–H groups in total. The predicted molar refractivity (Wildman–Crippen MR) is 72.4 cm³/mol. The Kier molecular flexibility index (Phi) is 3.28. The molecule has 0 aliphatic heterocycles. The van der Waals surface area contributed by atoms with Gasteiger partial charge in [-0.2, -0.15) is 10.2 Å². The van der Waals surface area contributed by atoms with Crippen LogP contribution in [0.3, 0.4) is 0 Å². The lowest BCUT2D eigenvalue weighted by molar-refractivity contribution is 0.0933. The third kappa shape index (κ3) is 2.59. The second-order valence-corrected chi connectivity index (χ2v) is 4.87. The van der Waals surface area contributed by atoms with E-state index in [1.54, 1.807) is 6.07 Å². The minimum atomic E-state index is -0.141. The molecule has 0 bridgehead atoms. The van der Waals surface area contributed by atoms with E-state index in [0.717, 1.165) is 30.5 Å². The first kappa shape index (κ1) is 12.5. The lowest BCUT2D eigenvalue weighted by atomic mass is 9.92. The summed E-state index contributed by atoms with van der Waals surface area (Å²) in [5.74, 6) is -0.141. The summed E-state index contributed by atoms with van der Waals surface area (Å²) in [6.45, 7) is 0. The fourth-order valence-electron chi connectivity index (χ4n) is 2.46. The zero-order chi connectivity index (χ0) is 13.9. The number of nitrogens with zero attached hydrogens (tertiary/aromatic N) is 2. The van der Waals surface area contributed by atoms with Crippen molar-refractivity contribution in [3.8, 4) is 0 Å². The van der Waals surface area contributed by atoms with Gasteiger partial charge in [-0.25, -0.2) is 0 Å². The van der Waals surface area contributed by atoms with E-state index in [-0.39, 0.29) is 17.5 Å². The third-order valence-corrected chi connectivity index (χ3v) is 3.49. The van der Waals surface area contributed by atoms with Gasteiger partial charge < -0.3 is 10.3 Å². The maximum Gasteiger partial charge on any atom is 0.253 e. The van der Waals surface area contributed by atoms with Gasteiger partial charge in [0.25, 0.3) is 5.91 Å². The molecule has 2 aromatic rings. The van der Waals surface area contributed by atoms with E-state index < -0.39 is 0 Å². The van der Waals surface area contributed by atoms with Gasteiger partial charge in [-0.15, -0.1) is 0 Å². The lowest BCUT2D eigenvalue weighted by Gasteiger charge is -2.25. The number of H-pyrrole nitrogens is 1. The minimum Gasteiger partial charge on any atom is -0.349 e. The van der Waals surface area contributed by atoms with Crippen molar-refractivity contribution >= 4 is 5.91 Å². The molecule has 1 atom stereocenters. The average Bonchev–Trinajstić information content (AvgIpc) is 2.48. The second kappa shape index (κ2) is 5.24. The topological polar surface area (TPSA) is 87.7 Å². The maximum absolute atomic E-state index is 12.0. The zero-order valence-corrected chi connectivity index (χ0v) is 10.8. The van der Waals surface area contributed by atoms with Crippen LogP contribution in [0, 0.1) is 0 Å². The number of hydrogen-bond acceptors (Lipinski definition) is 4. The van der Waals surface area contributed by atoms with Crippen molar-refractivity contribution < 1.29 is 4.79 Å². The molecular formula is C14H14N4O2. The van der Waals surface area contributed by atoms with Crippen LogP contribution in [0.4, 0.5) is 0 Å². The SMILES string of the molecule is O=C(N[C@H]1CCc2[nH]c(=O)ccc2C1)c1ccnnc1. The summed E-state index contributed by atoms with van der Waals surface area (Å²) in [4.78, 5) is 26.1. The molecule has 0 saturated heterocycles. The Bertz CT molecular complexity index is 681. The summed E-state index contributed by atoms with van der Waals surface area (Å²) in [5, 5.41) is 10.3. The van der Waals surface area contributed by atoms with Gasteiger partial charge in [0.1, 0.15) is 0 Å². The molecule has 1 amide bonds. The molecule has 1 aliphatic carbocycles. The van der Waals surface area contributed by atoms with E-state index in [0.29, 0.717) is 5.56 Å². The zero-order valence-electron chi connectivity index (χ0n) is 10.8. The Morgan fingerprint density at radius 3 is 3.00 bits per heavy atom. The fraction of sp³-hybridized carbons (Fsp3) is 0.286. The highest BCUT2D eigenvalue weighted by atomic mass is 16.1.